The lowest BCUT2D eigenvalue weighted by Gasteiger charge is -2.34. The molecule has 8 heteroatoms. The van der Waals surface area contributed by atoms with Gasteiger partial charge in [0.05, 0.1) is 36.7 Å². The first kappa shape index (κ1) is 19.0. The van der Waals surface area contributed by atoms with Gasteiger partial charge in [-0.1, -0.05) is 6.42 Å². The van der Waals surface area contributed by atoms with Gasteiger partial charge in [0.25, 0.3) is 5.91 Å². The van der Waals surface area contributed by atoms with Gasteiger partial charge in [0.1, 0.15) is 5.82 Å². The quantitative estimate of drug-likeness (QED) is 0.799. The zero-order valence-corrected chi connectivity index (χ0v) is 16.7. The minimum absolute atomic E-state index is 0.00297. The van der Waals surface area contributed by atoms with Crippen molar-refractivity contribution in [1.82, 2.24) is 29.5 Å². The van der Waals surface area contributed by atoms with Crippen molar-refractivity contribution < 1.29 is 9.53 Å². The van der Waals surface area contributed by atoms with Crippen molar-refractivity contribution >= 4 is 5.91 Å². The summed E-state index contributed by atoms with van der Waals surface area (Å²) in [5, 5.41) is 4.28. The lowest BCUT2D eigenvalue weighted by molar-refractivity contribution is 0.0301. The fourth-order valence-electron chi connectivity index (χ4n) is 4.05. The maximum atomic E-state index is 12.8. The molecule has 2 saturated heterocycles. The van der Waals surface area contributed by atoms with E-state index in [2.05, 4.69) is 21.2 Å². The van der Waals surface area contributed by atoms with Crippen molar-refractivity contribution in [3.05, 3.63) is 41.2 Å². The number of hydrogen-bond acceptors (Lipinski definition) is 6. The number of hydrogen-bond donors (Lipinski definition) is 0. The van der Waals surface area contributed by atoms with Gasteiger partial charge in [0, 0.05) is 44.6 Å². The standard InChI is InChI=1S/C20H28N6O2/c1-15-17(20(27)25-7-9-28-10-8-25)12-21-19(23-15)18-5-3-4-6-26(18)14-16-11-22-24(2)13-16/h11-13,18H,3-10,14H2,1-2H3/t18-/m1/s1. The van der Waals surface area contributed by atoms with Crippen molar-refractivity contribution in [1.29, 1.82) is 0 Å². The summed E-state index contributed by atoms with van der Waals surface area (Å²) in [5.74, 6) is 0.822. The van der Waals surface area contributed by atoms with E-state index in [1.54, 1.807) is 6.20 Å². The van der Waals surface area contributed by atoms with Gasteiger partial charge in [0.2, 0.25) is 0 Å². The minimum Gasteiger partial charge on any atom is -0.378 e. The Labute approximate surface area is 165 Å². The SMILES string of the molecule is Cc1nc([C@H]2CCCCN2Cc2cnn(C)c2)ncc1C(=O)N1CCOCC1. The summed E-state index contributed by atoms with van der Waals surface area (Å²) in [6.07, 6.45) is 9.08. The van der Waals surface area contributed by atoms with Gasteiger partial charge >= 0.3 is 0 Å². The zero-order valence-electron chi connectivity index (χ0n) is 16.7. The van der Waals surface area contributed by atoms with Gasteiger partial charge in [-0.25, -0.2) is 9.97 Å². The van der Waals surface area contributed by atoms with Crippen LogP contribution in [-0.4, -0.2) is 68.3 Å². The molecule has 2 aromatic heterocycles. The third kappa shape index (κ3) is 4.07. The number of carbonyl (C=O) groups excluding carboxylic acids is 1. The number of aryl methyl sites for hydroxylation is 2. The Morgan fingerprint density at radius 1 is 1.21 bits per heavy atom. The number of piperidine rings is 1. The summed E-state index contributed by atoms with van der Waals surface area (Å²) in [6, 6.07) is 0.181. The van der Waals surface area contributed by atoms with E-state index in [1.807, 2.05) is 29.7 Å². The maximum Gasteiger partial charge on any atom is 0.257 e. The average Bonchev–Trinajstić information content (AvgIpc) is 3.13. The van der Waals surface area contributed by atoms with E-state index in [0.29, 0.717) is 31.9 Å². The average molecular weight is 384 g/mol. The van der Waals surface area contributed by atoms with Crippen molar-refractivity contribution in [2.45, 2.75) is 38.8 Å². The summed E-state index contributed by atoms with van der Waals surface area (Å²) in [6.45, 7) is 6.21. The summed E-state index contributed by atoms with van der Waals surface area (Å²) < 4.78 is 7.17. The summed E-state index contributed by atoms with van der Waals surface area (Å²) >= 11 is 0. The van der Waals surface area contributed by atoms with Gasteiger partial charge in [-0.05, 0) is 26.3 Å². The minimum atomic E-state index is 0.00297. The molecule has 28 heavy (non-hydrogen) atoms. The van der Waals surface area contributed by atoms with Crippen LogP contribution < -0.4 is 0 Å². The third-order valence-corrected chi connectivity index (χ3v) is 5.58. The Hall–Kier alpha value is -2.32. The first-order chi connectivity index (χ1) is 13.6. The number of rotatable bonds is 4. The van der Waals surface area contributed by atoms with Crippen LogP contribution in [0.2, 0.25) is 0 Å². The Kier molecular flexibility index (Phi) is 5.68. The van der Waals surface area contributed by atoms with Crippen LogP contribution >= 0.6 is 0 Å². The third-order valence-electron chi connectivity index (χ3n) is 5.58. The van der Waals surface area contributed by atoms with Gasteiger partial charge in [-0.15, -0.1) is 0 Å². The molecule has 0 aliphatic carbocycles. The van der Waals surface area contributed by atoms with E-state index in [4.69, 9.17) is 9.72 Å². The molecular weight excluding hydrogens is 356 g/mol. The Bertz CT molecular complexity index is 830. The highest BCUT2D eigenvalue weighted by molar-refractivity contribution is 5.95. The van der Waals surface area contributed by atoms with Crippen molar-refractivity contribution in [2.24, 2.45) is 7.05 Å². The van der Waals surface area contributed by atoms with Crippen molar-refractivity contribution in [3.63, 3.8) is 0 Å². The molecule has 2 aliphatic heterocycles. The highest BCUT2D eigenvalue weighted by Gasteiger charge is 2.28. The smallest absolute Gasteiger partial charge is 0.257 e. The van der Waals surface area contributed by atoms with E-state index in [-0.39, 0.29) is 11.9 Å². The fraction of sp³-hybridized carbons (Fsp3) is 0.600. The van der Waals surface area contributed by atoms with Crippen molar-refractivity contribution in [3.8, 4) is 0 Å². The first-order valence-corrected chi connectivity index (χ1v) is 10.0. The summed E-state index contributed by atoms with van der Waals surface area (Å²) in [7, 11) is 1.94. The molecule has 0 N–H and O–H groups in total. The van der Waals surface area contributed by atoms with Gasteiger partial charge in [-0.3, -0.25) is 14.4 Å². The molecule has 0 saturated carbocycles. The monoisotopic (exact) mass is 384 g/mol. The fourth-order valence-corrected chi connectivity index (χ4v) is 4.05. The predicted molar refractivity (Wildman–Crippen MR) is 104 cm³/mol. The van der Waals surface area contributed by atoms with Crippen LogP contribution in [-0.2, 0) is 18.3 Å². The van der Waals surface area contributed by atoms with Crippen LogP contribution in [0.1, 0.15) is 52.7 Å². The molecule has 2 aromatic rings. The lowest BCUT2D eigenvalue weighted by Crippen LogP contribution is -2.41. The molecule has 8 nitrogen and oxygen atoms in total. The number of carbonyl (C=O) groups is 1. The van der Waals surface area contributed by atoms with E-state index in [1.165, 1.54) is 18.4 Å². The van der Waals surface area contributed by atoms with Gasteiger partial charge in [0.15, 0.2) is 0 Å². The molecule has 2 aliphatic rings. The number of morpholine rings is 1. The topological polar surface area (TPSA) is 76.4 Å². The van der Waals surface area contributed by atoms with Crippen LogP contribution in [0.25, 0.3) is 0 Å². The van der Waals surface area contributed by atoms with Crippen LogP contribution in [0.5, 0.6) is 0 Å². The Morgan fingerprint density at radius 2 is 2.04 bits per heavy atom. The molecule has 0 unspecified atom stereocenters. The number of aromatic nitrogens is 4. The molecule has 150 valence electrons. The van der Waals surface area contributed by atoms with E-state index in [9.17, 15) is 4.79 Å². The second-order valence-corrected chi connectivity index (χ2v) is 7.64. The second kappa shape index (κ2) is 8.36. The summed E-state index contributed by atoms with van der Waals surface area (Å²) in [4.78, 5) is 26.4. The Morgan fingerprint density at radius 3 is 2.75 bits per heavy atom. The maximum absolute atomic E-state index is 12.8. The first-order valence-electron chi connectivity index (χ1n) is 10.0. The molecule has 0 aromatic carbocycles. The highest BCUT2D eigenvalue weighted by atomic mass is 16.5. The molecule has 4 rings (SSSR count). The molecule has 2 fully saturated rings. The zero-order chi connectivity index (χ0) is 19.5. The van der Waals surface area contributed by atoms with Crippen molar-refractivity contribution in [2.75, 3.05) is 32.8 Å². The van der Waals surface area contributed by atoms with E-state index >= 15 is 0 Å². The molecular formula is C20H28N6O2. The van der Waals surface area contributed by atoms with E-state index < -0.39 is 0 Å². The molecule has 0 bridgehead atoms. The molecule has 4 heterocycles. The summed E-state index contributed by atoms with van der Waals surface area (Å²) in [5.41, 5.74) is 2.55. The number of nitrogens with zero attached hydrogens (tertiary/aromatic N) is 6. The molecule has 1 atom stereocenters. The van der Waals surface area contributed by atoms with Crippen LogP contribution in [0, 0.1) is 6.92 Å². The van der Waals surface area contributed by atoms with Crippen LogP contribution in [0.3, 0.4) is 0 Å². The number of ether oxygens (including phenoxy) is 1. The van der Waals surface area contributed by atoms with Crippen LogP contribution in [0.15, 0.2) is 18.6 Å². The largest absolute Gasteiger partial charge is 0.378 e. The number of amides is 1. The molecule has 0 spiro atoms. The molecule has 0 radical (unpaired) electrons. The van der Waals surface area contributed by atoms with E-state index in [0.717, 1.165) is 31.0 Å². The predicted octanol–water partition coefficient (Wildman–Crippen LogP) is 1.72. The van der Waals surface area contributed by atoms with Crippen LogP contribution in [0.4, 0.5) is 0 Å². The van der Waals surface area contributed by atoms with Gasteiger partial charge < -0.3 is 9.64 Å². The Balaban J connectivity index is 1.52. The number of likely N-dealkylation sites (tertiary alicyclic amines) is 1. The second-order valence-electron chi connectivity index (χ2n) is 7.64. The molecule has 1 amide bonds. The lowest BCUT2D eigenvalue weighted by atomic mass is 10.0. The highest BCUT2D eigenvalue weighted by Crippen LogP contribution is 2.30. The normalized spacial score (nSPS) is 21.1. The van der Waals surface area contributed by atoms with Gasteiger partial charge in [-0.2, -0.15) is 5.10 Å².